The molecular weight excluding hydrogens is 243 g/mol. The number of hydrogen-bond acceptors (Lipinski definition) is 2. The third-order valence-electron chi connectivity index (χ3n) is 2.91. The molecule has 0 fully saturated rings. The van der Waals surface area contributed by atoms with E-state index in [0.717, 1.165) is 11.1 Å². The van der Waals surface area contributed by atoms with E-state index in [0.29, 0.717) is 17.9 Å². The smallest absolute Gasteiger partial charge is 0.331 e. The van der Waals surface area contributed by atoms with Gasteiger partial charge in [0.2, 0.25) is 0 Å². The van der Waals surface area contributed by atoms with Crippen LogP contribution in [0.15, 0.2) is 18.2 Å². The van der Waals surface area contributed by atoms with Gasteiger partial charge in [-0.1, -0.05) is 6.07 Å². The van der Waals surface area contributed by atoms with Crippen molar-refractivity contribution in [2.75, 3.05) is 0 Å². The van der Waals surface area contributed by atoms with Crippen LogP contribution in [0.1, 0.15) is 17.8 Å². The van der Waals surface area contributed by atoms with Gasteiger partial charge in [-0.3, -0.25) is 0 Å². The lowest BCUT2D eigenvalue weighted by Gasteiger charge is -2.05. The zero-order valence-corrected chi connectivity index (χ0v) is 9.96. The summed E-state index contributed by atoms with van der Waals surface area (Å²) in [5, 5.41) is 0. The maximum Gasteiger partial charge on any atom is 0.389 e. The van der Waals surface area contributed by atoms with Gasteiger partial charge in [0.15, 0.2) is 0 Å². The topological polar surface area (TPSA) is 43.8 Å². The second kappa shape index (κ2) is 4.61. The minimum absolute atomic E-state index is 0.105. The summed E-state index contributed by atoms with van der Waals surface area (Å²) < 4.78 is 38.3. The van der Waals surface area contributed by atoms with Crippen molar-refractivity contribution < 1.29 is 13.2 Å². The molecule has 2 aromatic rings. The van der Waals surface area contributed by atoms with Crippen molar-refractivity contribution >= 4 is 11.0 Å². The molecule has 0 atom stereocenters. The lowest BCUT2D eigenvalue weighted by molar-refractivity contribution is -0.134. The number of halogens is 3. The normalized spacial score (nSPS) is 12.3. The molecule has 98 valence electrons. The Kier molecular flexibility index (Phi) is 3.30. The highest BCUT2D eigenvalue weighted by molar-refractivity contribution is 5.76. The zero-order valence-electron chi connectivity index (χ0n) is 9.96. The van der Waals surface area contributed by atoms with Crippen LogP contribution in [0.3, 0.4) is 0 Å². The number of aryl methyl sites for hydroxylation is 2. The van der Waals surface area contributed by atoms with Crippen LogP contribution < -0.4 is 5.73 Å². The fourth-order valence-electron chi connectivity index (χ4n) is 1.90. The van der Waals surface area contributed by atoms with Crippen molar-refractivity contribution in [3.63, 3.8) is 0 Å². The molecule has 0 spiro atoms. The lowest BCUT2D eigenvalue weighted by atomic mass is 10.2. The predicted molar refractivity (Wildman–Crippen MR) is 63.0 cm³/mol. The predicted octanol–water partition coefficient (Wildman–Crippen LogP) is 2.53. The highest BCUT2D eigenvalue weighted by Gasteiger charge is 2.27. The number of aromatic nitrogens is 2. The summed E-state index contributed by atoms with van der Waals surface area (Å²) in [4.78, 5) is 4.23. The maximum atomic E-state index is 12.2. The van der Waals surface area contributed by atoms with Crippen molar-refractivity contribution in [1.82, 2.24) is 9.55 Å². The first kappa shape index (κ1) is 12.9. The van der Waals surface area contributed by atoms with Gasteiger partial charge in [-0.15, -0.1) is 0 Å². The number of imidazole rings is 1. The molecule has 6 heteroatoms. The Hall–Kier alpha value is -1.56. The van der Waals surface area contributed by atoms with Crippen LogP contribution in [0.4, 0.5) is 13.2 Å². The van der Waals surface area contributed by atoms with E-state index in [4.69, 9.17) is 5.73 Å². The van der Waals surface area contributed by atoms with E-state index in [1.54, 1.807) is 11.6 Å². The van der Waals surface area contributed by atoms with Gasteiger partial charge in [0.1, 0.15) is 5.82 Å². The van der Waals surface area contributed by atoms with Crippen LogP contribution in [0, 0.1) is 0 Å². The third-order valence-corrected chi connectivity index (χ3v) is 2.91. The maximum absolute atomic E-state index is 12.2. The molecule has 0 saturated carbocycles. The van der Waals surface area contributed by atoms with Gasteiger partial charge in [-0.2, -0.15) is 13.2 Å². The van der Waals surface area contributed by atoms with Crippen LogP contribution in [0.25, 0.3) is 11.0 Å². The monoisotopic (exact) mass is 257 g/mol. The number of benzene rings is 1. The summed E-state index contributed by atoms with van der Waals surface area (Å²) in [6, 6.07) is 5.51. The summed E-state index contributed by atoms with van der Waals surface area (Å²) in [5.41, 5.74) is 7.95. The molecule has 2 rings (SSSR count). The van der Waals surface area contributed by atoms with E-state index >= 15 is 0 Å². The fourth-order valence-corrected chi connectivity index (χ4v) is 1.90. The Balaban J connectivity index is 2.32. The van der Waals surface area contributed by atoms with Gasteiger partial charge < -0.3 is 10.3 Å². The van der Waals surface area contributed by atoms with Crippen LogP contribution >= 0.6 is 0 Å². The van der Waals surface area contributed by atoms with Gasteiger partial charge in [0, 0.05) is 20.0 Å². The molecule has 1 aromatic heterocycles. The second-order valence-corrected chi connectivity index (χ2v) is 4.23. The van der Waals surface area contributed by atoms with Gasteiger partial charge in [-0.25, -0.2) is 4.98 Å². The van der Waals surface area contributed by atoms with Crippen molar-refractivity contribution in [3.05, 3.63) is 29.6 Å². The first-order valence-electron chi connectivity index (χ1n) is 5.62. The number of nitrogens with two attached hydrogens (primary N) is 1. The van der Waals surface area contributed by atoms with E-state index in [9.17, 15) is 13.2 Å². The minimum atomic E-state index is -4.15. The zero-order chi connectivity index (χ0) is 13.3. The molecule has 0 aliphatic heterocycles. The van der Waals surface area contributed by atoms with Crippen LogP contribution in [0.2, 0.25) is 0 Å². The van der Waals surface area contributed by atoms with Gasteiger partial charge in [-0.05, 0) is 17.7 Å². The molecule has 0 unspecified atom stereocenters. The molecule has 0 saturated heterocycles. The molecule has 1 heterocycles. The molecule has 0 aliphatic carbocycles. The Morgan fingerprint density at radius 3 is 2.67 bits per heavy atom. The molecule has 0 radical (unpaired) electrons. The van der Waals surface area contributed by atoms with E-state index in [2.05, 4.69) is 4.98 Å². The molecule has 0 aliphatic rings. The van der Waals surface area contributed by atoms with Crippen LogP contribution in [-0.2, 0) is 20.0 Å². The second-order valence-electron chi connectivity index (χ2n) is 4.23. The largest absolute Gasteiger partial charge is 0.389 e. The first-order valence-corrected chi connectivity index (χ1v) is 5.62. The minimum Gasteiger partial charge on any atom is -0.331 e. The molecule has 2 N–H and O–H groups in total. The van der Waals surface area contributed by atoms with E-state index in [1.807, 2.05) is 18.2 Å². The standard InChI is InChI=1S/C12H14F3N3/c1-18-10-3-2-8(7-16)6-9(10)17-11(18)4-5-12(13,14)15/h2-3,6H,4-5,7,16H2,1H3. The average Bonchev–Trinajstić information content (AvgIpc) is 2.62. The van der Waals surface area contributed by atoms with Gasteiger partial charge in [0.25, 0.3) is 0 Å². The van der Waals surface area contributed by atoms with Crippen molar-refractivity contribution in [3.8, 4) is 0 Å². The summed E-state index contributed by atoms with van der Waals surface area (Å²) in [6.45, 7) is 0.393. The highest BCUT2D eigenvalue weighted by Crippen LogP contribution is 2.23. The SMILES string of the molecule is Cn1c(CCC(F)(F)F)nc2cc(CN)ccc21. The van der Waals surface area contributed by atoms with Crippen LogP contribution in [-0.4, -0.2) is 15.7 Å². The molecule has 0 amide bonds. The van der Waals surface area contributed by atoms with E-state index < -0.39 is 12.6 Å². The summed E-state index contributed by atoms with van der Waals surface area (Å²) >= 11 is 0. The molecule has 0 bridgehead atoms. The highest BCUT2D eigenvalue weighted by atomic mass is 19.4. The molecule has 1 aromatic carbocycles. The average molecular weight is 257 g/mol. The third kappa shape index (κ3) is 2.64. The van der Waals surface area contributed by atoms with Gasteiger partial charge in [0.05, 0.1) is 17.5 Å². The first-order chi connectivity index (χ1) is 8.40. The van der Waals surface area contributed by atoms with Crippen molar-refractivity contribution in [2.24, 2.45) is 12.8 Å². The molecular formula is C12H14F3N3. The quantitative estimate of drug-likeness (QED) is 0.918. The number of hydrogen-bond donors (Lipinski definition) is 1. The van der Waals surface area contributed by atoms with Gasteiger partial charge >= 0.3 is 6.18 Å². The number of rotatable bonds is 3. The van der Waals surface area contributed by atoms with Crippen molar-refractivity contribution in [1.29, 1.82) is 0 Å². The Bertz CT molecular complexity index is 557. The number of fused-ring (bicyclic) bond motifs is 1. The summed E-state index contributed by atoms with van der Waals surface area (Å²) in [7, 11) is 1.73. The summed E-state index contributed by atoms with van der Waals surface area (Å²) in [5.74, 6) is 0.441. The van der Waals surface area contributed by atoms with Crippen molar-refractivity contribution in [2.45, 2.75) is 25.6 Å². The Labute approximate surface area is 102 Å². The Morgan fingerprint density at radius 2 is 2.06 bits per heavy atom. The molecule has 18 heavy (non-hydrogen) atoms. The van der Waals surface area contributed by atoms with E-state index in [-0.39, 0.29) is 6.42 Å². The molecule has 3 nitrogen and oxygen atoms in total. The van der Waals surface area contributed by atoms with Crippen LogP contribution in [0.5, 0.6) is 0 Å². The number of alkyl halides is 3. The number of nitrogens with zero attached hydrogens (tertiary/aromatic N) is 2. The van der Waals surface area contributed by atoms with E-state index in [1.165, 1.54) is 0 Å². The fraction of sp³-hybridized carbons (Fsp3) is 0.417. The lowest BCUT2D eigenvalue weighted by Crippen LogP contribution is -2.10. The summed E-state index contributed by atoms with van der Waals surface area (Å²) in [6.07, 6.45) is -5.11. The Morgan fingerprint density at radius 1 is 1.33 bits per heavy atom.